The number of ether oxygens (including phenoxy) is 1. The van der Waals surface area contributed by atoms with Crippen molar-refractivity contribution in [3.8, 4) is 0 Å². The van der Waals surface area contributed by atoms with E-state index >= 15 is 0 Å². The van der Waals surface area contributed by atoms with Crippen molar-refractivity contribution in [3.05, 3.63) is 35.9 Å². The van der Waals surface area contributed by atoms with E-state index in [1.165, 1.54) is 6.42 Å². The van der Waals surface area contributed by atoms with Crippen LogP contribution in [0, 0.1) is 0 Å². The molecule has 0 amide bonds. The summed E-state index contributed by atoms with van der Waals surface area (Å²) in [6, 6.07) is 10.3. The highest BCUT2D eigenvalue weighted by Crippen LogP contribution is 2.41. The molecule has 114 valence electrons. The summed E-state index contributed by atoms with van der Waals surface area (Å²) in [7, 11) is 0. The number of piperidine rings is 1. The highest BCUT2D eigenvalue weighted by Gasteiger charge is 2.51. The smallest absolute Gasteiger partial charge is 0.324 e. The Labute approximate surface area is 126 Å². The van der Waals surface area contributed by atoms with E-state index in [4.69, 9.17) is 10.5 Å². The molecule has 2 N–H and O–H groups in total. The zero-order valence-electron chi connectivity index (χ0n) is 12.6. The zero-order valence-corrected chi connectivity index (χ0v) is 12.6. The third-order valence-electron chi connectivity index (χ3n) is 4.86. The third kappa shape index (κ3) is 2.58. The topological polar surface area (TPSA) is 55.6 Å². The van der Waals surface area contributed by atoms with Crippen LogP contribution in [0.25, 0.3) is 0 Å². The second kappa shape index (κ2) is 6.16. The predicted octanol–water partition coefficient (Wildman–Crippen LogP) is 1.90. The van der Waals surface area contributed by atoms with Gasteiger partial charge in [-0.25, -0.2) is 0 Å². The number of carbonyl (C=O) groups is 1. The SMILES string of the molecule is CCOC(=O)[C@@H]1[C@H](c2ccccc2)[C@@H](N)[C@H]2CCCCN21. The summed E-state index contributed by atoms with van der Waals surface area (Å²) in [5.74, 6) is -0.0837. The molecule has 0 saturated carbocycles. The minimum Gasteiger partial charge on any atom is -0.465 e. The Bertz CT molecular complexity index is 491. The first kappa shape index (κ1) is 14.5. The molecule has 4 nitrogen and oxygen atoms in total. The summed E-state index contributed by atoms with van der Waals surface area (Å²) >= 11 is 0. The summed E-state index contributed by atoms with van der Waals surface area (Å²) in [5, 5.41) is 0. The van der Waals surface area contributed by atoms with Gasteiger partial charge in [0.2, 0.25) is 0 Å². The molecule has 0 radical (unpaired) electrons. The minimum absolute atomic E-state index is 0.00195. The van der Waals surface area contributed by atoms with Gasteiger partial charge in [0.1, 0.15) is 6.04 Å². The van der Waals surface area contributed by atoms with Crippen LogP contribution in [0.3, 0.4) is 0 Å². The summed E-state index contributed by atoms with van der Waals surface area (Å²) < 4.78 is 5.34. The Morgan fingerprint density at radius 2 is 2.10 bits per heavy atom. The van der Waals surface area contributed by atoms with E-state index in [0.717, 1.165) is 24.9 Å². The number of esters is 1. The molecule has 0 bridgehead atoms. The zero-order chi connectivity index (χ0) is 14.8. The first-order chi connectivity index (χ1) is 10.2. The number of nitrogens with two attached hydrogens (primary N) is 1. The molecular formula is C17H24N2O2. The van der Waals surface area contributed by atoms with E-state index < -0.39 is 0 Å². The molecule has 21 heavy (non-hydrogen) atoms. The fourth-order valence-corrected chi connectivity index (χ4v) is 3.98. The van der Waals surface area contributed by atoms with Gasteiger partial charge in [-0.05, 0) is 31.9 Å². The summed E-state index contributed by atoms with van der Waals surface area (Å²) in [5.41, 5.74) is 7.69. The second-order valence-electron chi connectivity index (χ2n) is 6.01. The van der Waals surface area contributed by atoms with Crippen LogP contribution in [0.15, 0.2) is 30.3 Å². The van der Waals surface area contributed by atoms with Crippen molar-refractivity contribution in [2.24, 2.45) is 5.73 Å². The number of benzene rings is 1. The summed E-state index contributed by atoms with van der Waals surface area (Å²) in [6.07, 6.45) is 3.42. The van der Waals surface area contributed by atoms with Crippen LogP contribution in [0.5, 0.6) is 0 Å². The average Bonchev–Trinajstić information content (AvgIpc) is 2.82. The molecule has 4 heteroatoms. The van der Waals surface area contributed by atoms with E-state index in [1.807, 2.05) is 25.1 Å². The van der Waals surface area contributed by atoms with Gasteiger partial charge in [0, 0.05) is 18.0 Å². The normalized spacial score (nSPS) is 32.7. The van der Waals surface area contributed by atoms with Gasteiger partial charge < -0.3 is 10.5 Å². The van der Waals surface area contributed by atoms with Crippen molar-refractivity contribution in [1.82, 2.24) is 4.90 Å². The van der Waals surface area contributed by atoms with Crippen LogP contribution in [0.2, 0.25) is 0 Å². The number of hydrogen-bond acceptors (Lipinski definition) is 4. The van der Waals surface area contributed by atoms with Gasteiger partial charge in [0.05, 0.1) is 6.61 Å². The largest absolute Gasteiger partial charge is 0.465 e. The number of fused-ring (bicyclic) bond motifs is 1. The lowest BCUT2D eigenvalue weighted by Crippen LogP contribution is -2.46. The quantitative estimate of drug-likeness (QED) is 0.863. The third-order valence-corrected chi connectivity index (χ3v) is 4.86. The van der Waals surface area contributed by atoms with Crippen molar-refractivity contribution >= 4 is 5.97 Å². The molecule has 2 fully saturated rings. The van der Waals surface area contributed by atoms with Gasteiger partial charge >= 0.3 is 5.97 Å². The summed E-state index contributed by atoms with van der Waals surface area (Å²) in [4.78, 5) is 14.8. The number of nitrogens with zero attached hydrogens (tertiary/aromatic N) is 1. The Hall–Kier alpha value is -1.39. The van der Waals surface area contributed by atoms with E-state index in [1.54, 1.807) is 0 Å². The standard InChI is InChI=1S/C17H24N2O2/c1-2-21-17(20)16-14(12-8-4-3-5-9-12)15(18)13-10-6-7-11-19(13)16/h3-5,8-9,13-16H,2,6-7,10-11,18H2,1H3/t13-,14-,15+,16+/m1/s1. The molecule has 0 spiro atoms. The lowest BCUT2D eigenvalue weighted by Gasteiger charge is -2.33. The molecule has 0 aliphatic carbocycles. The molecular weight excluding hydrogens is 264 g/mol. The molecule has 0 aromatic heterocycles. The highest BCUT2D eigenvalue weighted by molar-refractivity contribution is 5.78. The highest BCUT2D eigenvalue weighted by atomic mass is 16.5. The van der Waals surface area contributed by atoms with E-state index in [9.17, 15) is 4.79 Å². The van der Waals surface area contributed by atoms with Crippen LogP contribution in [-0.2, 0) is 9.53 Å². The molecule has 1 aromatic rings. The van der Waals surface area contributed by atoms with Gasteiger partial charge in [0.25, 0.3) is 0 Å². The van der Waals surface area contributed by atoms with Crippen molar-refractivity contribution in [1.29, 1.82) is 0 Å². The maximum absolute atomic E-state index is 12.5. The molecule has 2 aliphatic rings. The van der Waals surface area contributed by atoms with Crippen LogP contribution in [-0.4, -0.2) is 42.1 Å². The van der Waals surface area contributed by atoms with E-state index in [0.29, 0.717) is 12.6 Å². The Kier molecular flexibility index (Phi) is 4.27. The van der Waals surface area contributed by atoms with Gasteiger partial charge in [0.15, 0.2) is 0 Å². The average molecular weight is 288 g/mol. The van der Waals surface area contributed by atoms with Crippen molar-refractivity contribution in [2.75, 3.05) is 13.2 Å². The molecule has 2 saturated heterocycles. The lowest BCUT2D eigenvalue weighted by atomic mass is 9.86. The van der Waals surface area contributed by atoms with Crippen LogP contribution >= 0.6 is 0 Å². The molecule has 2 aliphatic heterocycles. The fraction of sp³-hybridized carbons (Fsp3) is 0.588. The van der Waals surface area contributed by atoms with Gasteiger partial charge in [-0.3, -0.25) is 9.69 Å². The minimum atomic E-state index is -0.229. The second-order valence-corrected chi connectivity index (χ2v) is 6.01. The van der Waals surface area contributed by atoms with Gasteiger partial charge in [-0.2, -0.15) is 0 Å². The van der Waals surface area contributed by atoms with Crippen LogP contribution < -0.4 is 5.73 Å². The Morgan fingerprint density at radius 3 is 2.81 bits per heavy atom. The number of hydrogen-bond donors (Lipinski definition) is 1. The monoisotopic (exact) mass is 288 g/mol. The predicted molar refractivity (Wildman–Crippen MR) is 81.9 cm³/mol. The van der Waals surface area contributed by atoms with Crippen LogP contribution in [0.1, 0.15) is 37.7 Å². The Morgan fingerprint density at radius 1 is 1.33 bits per heavy atom. The van der Waals surface area contributed by atoms with Crippen molar-refractivity contribution in [3.63, 3.8) is 0 Å². The molecule has 0 unspecified atom stereocenters. The van der Waals surface area contributed by atoms with Gasteiger partial charge in [-0.1, -0.05) is 36.8 Å². The maximum atomic E-state index is 12.5. The molecule has 2 heterocycles. The molecule has 3 rings (SSSR count). The summed E-state index contributed by atoms with van der Waals surface area (Å²) in [6.45, 7) is 3.23. The van der Waals surface area contributed by atoms with Crippen molar-refractivity contribution < 1.29 is 9.53 Å². The first-order valence-electron chi connectivity index (χ1n) is 7.97. The lowest BCUT2D eigenvalue weighted by molar-refractivity contribution is -0.149. The van der Waals surface area contributed by atoms with E-state index in [2.05, 4.69) is 17.0 Å². The molecule has 1 aromatic carbocycles. The van der Waals surface area contributed by atoms with Crippen LogP contribution in [0.4, 0.5) is 0 Å². The van der Waals surface area contributed by atoms with E-state index in [-0.39, 0.29) is 24.0 Å². The molecule has 4 atom stereocenters. The Balaban J connectivity index is 1.96. The fourth-order valence-electron chi connectivity index (χ4n) is 3.98. The maximum Gasteiger partial charge on any atom is 0.324 e. The van der Waals surface area contributed by atoms with Gasteiger partial charge in [-0.15, -0.1) is 0 Å². The number of carbonyl (C=O) groups excluding carboxylic acids is 1. The van der Waals surface area contributed by atoms with Crippen molar-refractivity contribution in [2.45, 2.75) is 50.2 Å². The number of rotatable bonds is 3. The first-order valence-corrected chi connectivity index (χ1v) is 7.97.